The van der Waals surface area contributed by atoms with Crippen molar-refractivity contribution in [2.75, 3.05) is 25.1 Å². The molecule has 6 N–H and O–H groups in total. The number of hydrogen-bond donors (Lipinski definition) is 6. The fourth-order valence-electron chi connectivity index (χ4n) is 2.75. The van der Waals surface area contributed by atoms with Crippen molar-refractivity contribution in [3.8, 4) is 0 Å². The first-order valence-electron chi connectivity index (χ1n) is 9.29. The molecule has 0 aromatic carbocycles. The van der Waals surface area contributed by atoms with E-state index in [0.717, 1.165) is 6.42 Å². The highest BCUT2D eigenvalue weighted by atomic mass is 32.2. The molecule has 0 aromatic rings. The maximum absolute atomic E-state index is 12.4. The molecule has 0 bridgehead atoms. The van der Waals surface area contributed by atoms with Crippen LogP contribution in [-0.4, -0.2) is 83.1 Å². The van der Waals surface area contributed by atoms with Gasteiger partial charge in [0.1, 0.15) is 12.1 Å². The lowest BCUT2D eigenvalue weighted by Crippen LogP contribution is -2.53. The van der Waals surface area contributed by atoms with Crippen molar-refractivity contribution in [1.29, 1.82) is 0 Å². The van der Waals surface area contributed by atoms with Crippen LogP contribution in [0.2, 0.25) is 0 Å². The Labute approximate surface area is 172 Å². The standard InChI is InChI=1S/C17H28N4O7S/c1-29-8-6-12(17(27)28)20-13(22)9-19-15(25)11(4-5-14(23)24)21-16(26)10-3-2-7-18-10/h10-12,18H,2-9H2,1H3,(H,19,25)(H,20,22)(H,21,26)(H,23,24)(H,27,28). The molecule has 3 amide bonds. The highest BCUT2D eigenvalue weighted by Crippen LogP contribution is 2.07. The van der Waals surface area contributed by atoms with Gasteiger partial charge in [0.05, 0.1) is 12.6 Å². The van der Waals surface area contributed by atoms with E-state index < -0.39 is 54.3 Å². The summed E-state index contributed by atoms with van der Waals surface area (Å²) in [6, 6.07) is -2.62. The summed E-state index contributed by atoms with van der Waals surface area (Å²) in [6.07, 6.45) is 3.03. The van der Waals surface area contributed by atoms with Crippen molar-refractivity contribution in [3.63, 3.8) is 0 Å². The minimum Gasteiger partial charge on any atom is -0.481 e. The molecular formula is C17H28N4O7S. The Morgan fingerprint density at radius 3 is 2.38 bits per heavy atom. The summed E-state index contributed by atoms with van der Waals surface area (Å²) in [4.78, 5) is 58.5. The minimum absolute atomic E-state index is 0.132. The zero-order valence-electron chi connectivity index (χ0n) is 16.2. The molecule has 1 aliphatic rings. The molecule has 3 atom stereocenters. The summed E-state index contributed by atoms with van der Waals surface area (Å²) in [6.45, 7) is 0.203. The SMILES string of the molecule is CSCCC(NC(=O)CNC(=O)C(CCC(=O)O)NC(=O)C1CCCN1)C(=O)O. The average molecular weight is 432 g/mol. The second kappa shape index (κ2) is 13.0. The summed E-state index contributed by atoms with van der Waals surface area (Å²) in [5.74, 6) is -3.54. The molecule has 0 spiro atoms. The Morgan fingerprint density at radius 2 is 1.83 bits per heavy atom. The van der Waals surface area contributed by atoms with Crippen molar-refractivity contribution in [2.45, 2.75) is 50.2 Å². The lowest BCUT2D eigenvalue weighted by molar-refractivity contribution is -0.141. The van der Waals surface area contributed by atoms with E-state index in [1.165, 1.54) is 11.8 Å². The largest absolute Gasteiger partial charge is 0.481 e. The van der Waals surface area contributed by atoms with Gasteiger partial charge in [0.25, 0.3) is 0 Å². The third-order valence-corrected chi connectivity index (χ3v) is 4.97. The Bertz CT molecular complexity index is 611. The normalized spacial score (nSPS) is 17.8. The van der Waals surface area contributed by atoms with E-state index in [9.17, 15) is 24.0 Å². The number of aliphatic carboxylic acids is 2. The van der Waals surface area contributed by atoms with Crippen LogP contribution in [0.4, 0.5) is 0 Å². The Morgan fingerprint density at radius 1 is 1.10 bits per heavy atom. The van der Waals surface area contributed by atoms with E-state index in [-0.39, 0.29) is 19.3 Å². The van der Waals surface area contributed by atoms with Crippen molar-refractivity contribution < 1.29 is 34.2 Å². The van der Waals surface area contributed by atoms with Crippen LogP contribution in [0.1, 0.15) is 32.1 Å². The molecule has 1 saturated heterocycles. The van der Waals surface area contributed by atoms with Crippen molar-refractivity contribution in [2.24, 2.45) is 0 Å². The van der Waals surface area contributed by atoms with Gasteiger partial charge in [-0.05, 0) is 44.2 Å². The first-order valence-corrected chi connectivity index (χ1v) is 10.7. The second-order valence-corrected chi connectivity index (χ2v) is 7.59. The smallest absolute Gasteiger partial charge is 0.326 e. The lowest BCUT2D eigenvalue weighted by Gasteiger charge is -2.20. The minimum atomic E-state index is -1.17. The fraction of sp³-hybridized carbons (Fsp3) is 0.706. The summed E-state index contributed by atoms with van der Waals surface area (Å²) in [5.41, 5.74) is 0. The Kier molecular flexibility index (Phi) is 11.1. The van der Waals surface area contributed by atoms with Gasteiger partial charge in [-0.3, -0.25) is 19.2 Å². The molecule has 0 aromatic heterocycles. The van der Waals surface area contributed by atoms with Crippen LogP contribution in [0.5, 0.6) is 0 Å². The van der Waals surface area contributed by atoms with Gasteiger partial charge in [-0.25, -0.2) is 4.79 Å². The van der Waals surface area contributed by atoms with Gasteiger partial charge >= 0.3 is 11.9 Å². The van der Waals surface area contributed by atoms with E-state index in [1.54, 1.807) is 0 Å². The first kappa shape index (κ1) is 24.7. The molecule has 1 heterocycles. The van der Waals surface area contributed by atoms with Gasteiger partial charge in [0, 0.05) is 6.42 Å². The number of carbonyl (C=O) groups excluding carboxylic acids is 3. The van der Waals surface area contributed by atoms with Crippen molar-refractivity contribution in [1.82, 2.24) is 21.3 Å². The molecule has 1 aliphatic heterocycles. The highest BCUT2D eigenvalue weighted by molar-refractivity contribution is 7.98. The number of hydrogen-bond acceptors (Lipinski definition) is 7. The van der Waals surface area contributed by atoms with Crippen LogP contribution in [0.25, 0.3) is 0 Å². The van der Waals surface area contributed by atoms with E-state index in [1.807, 2.05) is 6.26 Å². The van der Waals surface area contributed by atoms with Gasteiger partial charge in [0.15, 0.2) is 0 Å². The topological polar surface area (TPSA) is 174 Å². The quantitative estimate of drug-likeness (QED) is 0.203. The highest BCUT2D eigenvalue weighted by Gasteiger charge is 2.28. The summed E-state index contributed by atoms with van der Waals surface area (Å²) >= 11 is 1.44. The van der Waals surface area contributed by atoms with Gasteiger partial charge in [-0.1, -0.05) is 0 Å². The predicted octanol–water partition coefficient (Wildman–Crippen LogP) is -1.47. The molecule has 12 heteroatoms. The van der Waals surface area contributed by atoms with Crippen LogP contribution in [0, 0.1) is 0 Å². The van der Waals surface area contributed by atoms with Gasteiger partial charge in [-0.2, -0.15) is 11.8 Å². The molecule has 11 nitrogen and oxygen atoms in total. The number of rotatable bonds is 13. The van der Waals surface area contributed by atoms with Crippen LogP contribution < -0.4 is 21.3 Å². The van der Waals surface area contributed by atoms with Crippen LogP contribution in [-0.2, 0) is 24.0 Å². The van der Waals surface area contributed by atoms with Crippen LogP contribution in [0.3, 0.4) is 0 Å². The number of carboxylic acid groups (broad SMARTS) is 2. The number of thioether (sulfide) groups is 1. The van der Waals surface area contributed by atoms with E-state index >= 15 is 0 Å². The fourth-order valence-corrected chi connectivity index (χ4v) is 3.22. The van der Waals surface area contributed by atoms with E-state index in [2.05, 4.69) is 21.3 Å². The number of amides is 3. The molecule has 1 fully saturated rings. The summed E-state index contributed by atoms with van der Waals surface area (Å²) in [5, 5.41) is 28.1. The molecular weight excluding hydrogens is 404 g/mol. The number of carbonyl (C=O) groups is 5. The van der Waals surface area contributed by atoms with Crippen LogP contribution >= 0.6 is 11.8 Å². The first-order chi connectivity index (χ1) is 13.7. The average Bonchev–Trinajstić information content (AvgIpc) is 3.20. The zero-order chi connectivity index (χ0) is 21.8. The monoisotopic (exact) mass is 432 g/mol. The maximum atomic E-state index is 12.4. The lowest BCUT2D eigenvalue weighted by atomic mass is 10.1. The van der Waals surface area contributed by atoms with Crippen LogP contribution in [0.15, 0.2) is 0 Å². The van der Waals surface area contributed by atoms with Gasteiger partial charge in [-0.15, -0.1) is 0 Å². The number of carboxylic acids is 2. The van der Waals surface area contributed by atoms with Crippen molar-refractivity contribution >= 4 is 41.4 Å². The molecule has 29 heavy (non-hydrogen) atoms. The van der Waals surface area contributed by atoms with E-state index in [4.69, 9.17) is 10.2 Å². The predicted molar refractivity (Wildman–Crippen MR) is 105 cm³/mol. The summed E-state index contributed by atoms with van der Waals surface area (Å²) in [7, 11) is 0. The van der Waals surface area contributed by atoms with Gasteiger partial charge in [0.2, 0.25) is 17.7 Å². The molecule has 1 rings (SSSR count). The van der Waals surface area contributed by atoms with Crippen molar-refractivity contribution in [3.05, 3.63) is 0 Å². The molecule has 164 valence electrons. The maximum Gasteiger partial charge on any atom is 0.326 e. The number of nitrogens with one attached hydrogen (secondary N) is 4. The van der Waals surface area contributed by atoms with Gasteiger partial charge < -0.3 is 31.5 Å². The summed E-state index contributed by atoms with van der Waals surface area (Å²) < 4.78 is 0. The molecule has 3 unspecified atom stereocenters. The molecule has 0 radical (unpaired) electrons. The second-order valence-electron chi connectivity index (χ2n) is 6.60. The molecule has 0 saturated carbocycles. The molecule has 0 aliphatic carbocycles. The van der Waals surface area contributed by atoms with E-state index in [0.29, 0.717) is 18.7 Å². The third kappa shape index (κ3) is 9.61. The Balaban J connectivity index is 2.58. The third-order valence-electron chi connectivity index (χ3n) is 4.32. The Hall–Kier alpha value is -2.34. The zero-order valence-corrected chi connectivity index (χ0v) is 17.0.